The van der Waals surface area contributed by atoms with E-state index in [1.54, 1.807) is 0 Å². The second kappa shape index (κ2) is 11.2. The van der Waals surface area contributed by atoms with Crippen molar-refractivity contribution in [3.63, 3.8) is 0 Å². The van der Waals surface area contributed by atoms with Gasteiger partial charge in [-0.1, -0.05) is 52.4 Å². The van der Waals surface area contributed by atoms with Crippen molar-refractivity contribution in [1.29, 1.82) is 0 Å². The van der Waals surface area contributed by atoms with Crippen molar-refractivity contribution >= 4 is 11.3 Å². The molecule has 1 heterocycles. The third kappa shape index (κ3) is 7.75. The van der Waals surface area contributed by atoms with Gasteiger partial charge in [0.2, 0.25) is 0 Å². The molecular weight excluding hydrogens is 290 g/mol. The molecule has 0 saturated carbocycles. The molecule has 1 aromatic rings. The van der Waals surface area contributed by atoms with Gasteiger partial charge in [0.25, 0.3) is 0 Å². The fourth-order valence-electron chi connectivity index (χ4n) is 2.69. The van der Waals surface area contributed by atoms with Crippen molar-refractivity contribution in [2.24, 2.45) is 5.73 Å². The number of unbranched alkanes of at least 4 members (excludes halogenated alkanes) is 6. The molecule has 0 fully saturated rings. The van der Waals surface area contributed by atoms with Gasteiger partial charge in [-0.15, -0.1) is 11.3 Å². The highest BCUT2D eigenvalue weighted by molar-refractivity contribution is 7.11. The number of hydrogen-bond acceptors (Lipinski definition) is 3. The van der Waals surface area contributed by atoms with Gasteiger partial charge in [-0.2, -0.15) is 0 Å². The van der Waals surface area contributed by atoms with E-state index in [0.717, 1.165) is 19.3 Å². The van der Waals surface area contributed by atoms with Gasteiger partial charge >= 0.3 is 0 Å². The Balaban J connectivity index is 2.19. The molecule has 0 aliphatic carbocycles. The van der Waals surface area contributed by atoms with Gasteiger partial charge in [0.1, 0.15) is 0 Å². The van der Waals surface area contributed by atoms with E-state index in [0.29, 0.717) is 0 Å². The summed E-state index contributed by atoms with van der Waals surface area (Å²) in [5.41, 5.74) is 5.75. The molecule has 0 aliphatic rings. The average molecular weight is 326 g/mol. The third-order valence-corrected chi connectivity index (χ3v) is 5.84. The minimum absolute atomic E-state index is 0.0831. The molecule has 1 atom stereocenters. The monoisotopic (exact) mass is 325 g/mol. The molecule has 1 aromatic heterocycles. The lowest BCUT2D eigenvalue weighted by Gasteiger charge is -2.25. The standard InChI is InChI=1S/C19H35NOS/c1-3-5-6-7-8-9-10-11-17-12-13-18(22-17)14-15-19(20,4-2)16-21/h12-13,21H,3-11,14-16,20H2,1-2H3. The van der Waals surface area contributed by atoms with Crippen LogP contribution in [0.2, 0.25) is 0 Å². The van der Waals surface area contributed by atoms with Crippen molar-refractivity contribution < 1.29 is 5.11 Å². The van der Waals surface area contributed by atoms with Gasteiger partial charge in [0.05, 0.1) is 6.61 Å². The minimum atomic E-state index is -0.400. The first kappa shape index (κ1) is 19.7. The van der Waals surface area contributed by atoms with Crippen molar-refractivity contribution in [3.8, 4) is 0 Å². The number of nitrogens with two attached hydrogens (primary N) is 1. The molecular formula is C19H35NOS. The Morgan fingerprint density at radius 1 is 0.955 bits per heavy atom. The molecule has 0 aliphatic heterocycles. The second-order valence-corrected chi connectivity index (χ2v) is 7.87. The smallest absolute Gasteiger partial charge is 0.0611 e. The summed E-state index contributed by atoms with van der Waals surface area (Å²) in [6.45, 7) is 4.40. The Kier molecular flexibility index (Phi) is 10.0. The summed E-state index contributed by atoms with van der Waals surface area (Å²) in [7, 11) is 0. The van der Waals surface area contributed by atoms with Crippen LogP contribution in [0.3, 0.4) is 0 Å². The molecule has 0 spiro atoms. The Hall–Kier alpha value is -0.380. The highest BCUT2D eigenvalue weighted by Crippen LogP contribution is 2.23. The SMILES string of the molecule is CCCCCCCCCc1ccc(CCC(N)(CC)CO)s1. The molecule has 22 heavy (non-hydrogen) atoms. The summed E-state index contributed by atoms with van der Waals surface area (Å²) in [5.74, 6) is 0. The number of hydrogen-bond donors (Lipinski definition) is 2. The lowest BCUT2D eigenvalue weighted by Crippen LogP contribution is -2.43. The van der Waals surface area contributed by atoms with E-state index in [-0.39, 0.29) is 6.61 Å². The Morgan fingerprint density at radius 2 is 1.55 bits per heavy atom. The summed E-state index contributed by atoms with van der Waals surface area (Å²) in [5, 5.41) is 9.37. The van der Waals surface area contributed by atoms with Crippen LogP contribution in [0.15, 0.2) is 12.1 Å². The predicted molar refractivity (Wildman–Crippen MR) is 98.6 cm³/mol. The van der Waals surface area contributed by atoms with Gasteiger partial charge in [-0.05, 0) is 44.2 Å². The zero-order chi connectivity index (χ0) is 16.3. The predicted octanol–water partition coefficient (Wildman–Crippen LogP) is 5.07. The highest BCUT2D eigenvalue weighted by atomic mass is 32.1. The largest absolute Gasteiger partial charge is 0.394 e. The lowest BCUT2D eigenvalue weighted by atomic mass is 9.92. The normalized spacial score (nSPS) is 14.2. The Bertz CT molecular complexity index is 385. The summed E-state index contributed by atoms with van der Waals surface area (Å²) in [6.07, 6.45) is 13.5. The maximum Gasteiger partial charge on any atom is 0.0611 e. The van der Waals surface area contributed by atoms with E-state index >= 15 is 0 Å². The van der Waals surface area contributed by atoms with Crippen LogP contribution in [-0.4, -0.2) is 17.3 Å². The van der Waals surface area contributed by atoms with E-state index < -0.39 is 5.54 Å². The van der Waals surface area contributed by atoms with E-state index in [4.69, 9.17) is 5.73 Å². The van der Waals surface area contributed by atoms with Crippen LogP contribution in [0.5, 0.6) is 0 Å². The lowest BCUT2D eigenvalue weighted by molar-refractivity contribution is 0.183. The quantitative estimate of drug-likeness (QED) is 0.497. The number of aliphatic hydroxyl groups is 1. The van der Waals surface area contributed by atoms with Crippen molar-refractivity contribution in [1.82, 2.24) is 0 Å². The van der Waals surface area contributed by atoms with Gasteiger partial charge in [0, 0.05) is 15.3 Å². The first-order valence-electron chi connectivity index (χ1n) is 9.11. The molecule has 128 valence electrons. The molecule has 1 rings (SSSR count). The molecule has 0 aromatic carbocycles. The minimum Gasteiger partial charge on any atom is -0.394 e. The first-order chi connectivity index (χ1) is 10.6. The van der Waals surface area contributed by atoms with E-state index in [9.17, 15) is 5.11 Å². The van der Waals surface area contributed by atoms with Crippen LogP contribution < -0.4 is 5.73 Å². The molecule has 1 unspecified atom stereocenters. The summed E-state index contributed by atoms with van der Waals surface area (Å²) in [4.78, 5) is 2.92. The molecule has 0 saturated heterocycles. The topological polar surface area (TPSA) is 46.2 Å². The van der Waals surface area contributed by atoms with Gasteiger partial charge < -0.3 is 10.8 Å². The third-order valence-electron chi connectivity index (χ3n) is 4.63. The Morgan fingerprint density at radius 3 is 2.14 bits per heavy atom. The molecule has 3 N–H and O–H groups in total. The van der Waals surface area contributed by atoms with Crippen molar-refractivity contribution in [2.75, 3.05) is 6.61 Å². The van der Waals surface area contributed by atoms with Crippen LogP contribution >= 0.6 is 11.3 Å². The molecule has 3 heteroatoms. The molecule has 0 amide bonds. The fraction of sp³-hybridized carbons (Fsp3) is 0.789. The maximum absolute atomic E-state index is 9.37. The van der Waals surface area contributed by atoms with E-state index in [1.165, 1.54) is 61.1 Å². The van der Waals surface area contributed by atoms with Crippen LogP contribution in [0.4, 0.5) is 0 Å². The second-order valence-electron chi connectivity index (χ2n) is 6.61. The Labute approximate surface area is 141 Å². The van der Waals surface area contributed by atoms with Gasteiger partial charge in [-0.25, -0.2) is 0 Å². The number of aliphatic hydroxyl groups excluding tert-OH is 1. The highest BCUT2D eigenvalue weighted by Gasteiger charge is 2.21. The number of aryl methyl sites for hydroxylation is 2. The zero-order valence-corrected chi connectivity index (χ0v) is 15.4. The van der Waals surface area contributed by atoms with Crippen molar-refractivity contribution in [2.45, 2.75) is 90.0 Å². The number of rotatable bonds is 13. The van der Waals surface area contributed by atoms with E-state index in [1.807, 2.05) is 11.3 Å². The van der Waals surface area contributed by atoms with E-state index in [2.05, 4.69) is 26.0 Å². The summed E-state index contributed by atoms with van der Waals surface area (Å²) in [6, 6.07) is 4.52. The van der Waals surface area contributed by atoms with Crippen molar-refractivity contribution in [3.05, 3.63) is 21.9 Å². The first-order valence-corrected chi connectivity index (χ1v) is 9.92. The average Bonchev–Trinajstić information content (AvgIpc) is 3.00. The van der Waals surface area contributed by atoms with Gasteiger partial charge in [0.15, 0.2) is 0 Å². The van der Waals surface area contributed by atoms with Gasteiger partial charge in [-0.3, -0.25) is 0 Å². The molecule has 2 nitrogen and oxygen atoms in total. The zero-order valence-electron chi connectivity index (χ0n) is 14.6. The van der Waals surface area contributed by atoms with Crippen LogP contribution in [0.1, 0.15) is 81.4 Å². The maximum atomic E-state index is 9.37. The summed E-state index contributed by atoms with van der Waals surface area (Å²) >= 11 is 1.93. The molecule has 0 bridgehead atoms. The molecule has 0 radical (unpaired) electrons. The fourth-order valence-corrected chi connectivity index (χ4v) is 3.75. The number of thiophene rings is 1. The van der Waals surface area contributed by atoms with Crippen LogP contribution in [0, 0.1) is 0 Å². The van der Waals surface area contributed by atoms with Crippen LogP contribution in [0.25, 0.3) is 0 Å². The summed E-state index contributed by atoms with van der Waals surface area (Å²) < 4.78 is 0. The van der Waals surface area contributed by atoms with Crippen LogP contribution in [-0.2, 0) is 12.8 Å².